The maximum absolute atomic E-state index is 13.0. The van der Waals surface area contributed by atoms with E-state index in [4.69, 9.17) is 16.3 Å². The van der Waals surface area contributed by atoms with Gasteiger partial charge in [0.2, 0.25) is 0 Å². The molecule has 0 aromatic heterocycles. The van der Waals surface area contributed by atoms with E-state index in [9.17, 15) is 9.59 Å². The maximum Gasteiger partial charge on any atom is 0.272 e. The minimum Gasteiger partial charge on any atom is -0.494 e. The van der Waals surface area contributed by atoms with Gasteiger partial charge in [0, 0.05) is 10.0 Å². The van der Waals surface area contributed by atoms with Crippen LogP contribution in [0.1, 0.15) is 35.7 Å². The smallest absolute Gasteiger partial charge is 0.272 e. The minimum atomic E-state index is -0.487. The van der Waals surface area contributed by atoms with Crippen LogP contribution in [0.25, 0.3) is 6.08 Å². The second-order valence-electron chi connectivity index (χ2n) is 7.22. The second kappa shape index (κ2) is 12.2. The Morgan fingerprint density at radius 3 is 2.36 bits per heavy atom. The molecule has 0 radical (unpaired) electrons. The van der Waals surface area contributed by atoms with E-state index in [-0.39, 0.29) is 5.70 Å². The number of anilines is 1. The van der Waals surface area contributed by atoms with Gasteiger partial charge in [-0.1, -0.05) is 65.1 Å². The number of para-hydroxylation sites is 1. The number of hydrogen-bond acceptors (Lipinski definition) is 3. The van der Waals surface area contributed by atoms with Gasteiger partial charge in [-0.05, 0) is 66.6 Å². The van der Waals surface area contributed by atoms with E-state index >= 15 is 0 Å². The number of amides is 2. The summed E-state index contributed by atoms with van der Waals surface area (Å²) in [5.41, 5.74) is 1.70. The first-order valence-electron chi connectivity index (χ1n) is 10.5. The van der Waals surface area contributed by atoms with E-state index in [2.05, 4.69) is 33.5 Å². The number of carbonyl (C=O) groups excluding carboxylic acids is 2. The van der Waals surface area contributed by atoms with Crippen LogP contribution in [-0.2, 0) is 4.79 Å². The standard InChI is InChI=1S/C26H24BrClN2O3/c1-2-3-16-33-21-14-10-19(11-15-21)25(31)30-24(17-18-8-12-20(27)13-9-18)26(32)29-23-7-5-4-6-22(23)28/h4-15,17H,2-3,16H2,1H3,(H,29,32)(H,30,31)/b24-17-. The number of unbranched alkanes of at least 4 members (excludes halogenated alkanes) is 1. The molecule has 0 spiro atoms. The van der Waals surface area contributed by atoms with Gasteiger partial charge in [-0.3, -0.25) is 9.59 Å². The van der Waals surface area contributed by atoms with Crippen molar-refractivity contribution in [3.8, 4) is 5.75 Å². The third-order valence-corrected chi connectivity index (χ3v) is 5.54. The normalized spacial score (nSPS) is 11.1. The lowest BCUT2D eigenvalue weighted by Crippen LogP contribution is -2.30. The van der Waals surface area contributed by atoms with Crippen molar-refractivity contribution in [2.24, 2.45) is 0 Å². The van der Waals surface area contributed by atoms with Gasteiger partial charge >= 0.3 is 0 Å². The molecule has 0 bridgehead atoms. The molecule has 0 aliphatic carbocycles. The molecule has 3 rings (SSSR count). The second-order valence-corrected chi connectivity index (χ2v) is 8.55. The van der Waals surface area contributed by atoms with Crippen molar-refractivity contribution in [3.63, 3.8) is 0 Å². The average molecular weight is 528 g/mol. The van der Waals surface area contributed by atoms with E-state index in [1.54, 1.807) is 54.6 Å². The molecule has 2 N–H and O–H groups in total. The van der Waals surface area contributed by atoms with E-state index < -0.39 is 11.8 Å². The third kappa shape index (κ3) is 7.48. The number of hydrogen-bond donors (Lipinski definition) is 2. The SMILES string of the molecule is CCCCOc1ccc(C(=O)N/C(=C\c2ccc(Br)cc2)C(=O)Nc2ccccc2Cl)cc1. The first-order chi connectivity index (χ1) is 16.0. The van der Waals surface area contributed by atoms with Gasteiger partial charge in [-0.25, -0.2) is 0 Å². The molecular weight excluding hydrogens is 504 g/mol. The molecule has 2 amide bonds. The van der Waals surface area contributed by atoms with Crippen molar-refractivity contribution >= 4 is 51.1 Å². The number of rotatable bonds is 9. The first kappa shape index (κ1) is 24.6. The topological polar surface area (TPSA) is 67.4 Å². The number of halogens is 2. The lowest BCUT2D eigenvalue weighted by atomic mass is 10.1. The Hall–Kier alpha value is -3.09. The lowest BCUT2D eigenvalue weighted by molar-refractivity contribution is -0.113. The Bertz CT molecular complexity index is 1130. The zero-order chi connectivity index (χ0) is 23.6. The predicted octanol–water partition coefficient (Wildman–Crippen LogP) is 6.69. The van der Waals surface area contributed by atoms with Crippen molar-refractivity contribution in [1.29, 1.82) is 0 Å². The molecular formula is C26H24BrClN2O3. The molecule has 0 saturated heterocycles. The Morgan fingerprint density at radius 2 is 1.70 bits per heavy atom. The highest BCUT2D eigenvalue weighted by Crippen LogP contribution is 2.21. The van der Waals surface area contributed by atoms with Gasteiger partial charge < -0.3 is 15.4 Å². The zero-order valence-electron chi connectivity index (χ0n) is 18.1. The molecule has 7 heteroatoms. The lowest BCUT2D eigenvalue weighted by Gasteiger charge is -2.12. The molecule has 5 nitrogen and oxygen atoms in total. The fraction of sp³-hybridized carbons (Fsp3) is 0.154. The summed E-state index contributed by atoms with van der Waals surface area (Å²) < 4.78 is 6.55. The van der Waals surface area contributed by atoms with Crippen molar-refractivity contribution in [3.05, 3.63) is 99.1 Å². The van der Waals surface area contributed by atoms with Crippen LogP contribution in [0.4, 0.5) is 5.69 Å². The first-order valence-corrected chi connectivity index (χ1v) is 11.7. The molecule has 0 heterocycles. The van der Waals surface area contributed by atoms with Crippen LogP contribution in [0.2, 0.25) is 5.02 Å². The van der Waals surface area contributed by atoms with Crippen molar-refractivity contribution in [1.82, 2.24) is 5.32 Å². The van der Waals surface area contributed by atoms with Crippen molar-refractivity contribution in [2.45, 2.75) is 19.8 Å². The Kier molecular flexibility index (Phi) is 9.10. The van der Waals surface area contributed by atoms with Gasteiger partial charge in [0.25, 0.3) is 11.8 Å². The summed E-state index contributed by atoms with van der Waals surface area (Å²) in [5, 5.41) is 5.88. The van der Waals surface area contributed by atoms with E-state index in [0.29, 0.717) is 28.6 Å². The Morgan fingerprint density at radius 1 is 1.00 bits per heavy atom. The van der Waals surface area contributed by atoms with E-state index in [1.807, 2.05) is 24.3 Å². The molecule has 0 saturated carbocycles. The quantitative estimate of drug-likeness (QED) is 0.241. The van der Waals surface area contributed by atoms with Gasteiger partial charge in [0.15, 0.2) is 0 Å². The monoisotopic (exact) mass is 526 g/mol. The highest BCUT2D eigenvalue weighted by molar-refractivity contribution is 9.10. The summed E-state index contributed by atoms with van der Waals surface area (Å²) in [4.78, 5) is 25.9. The van der Waals surface area contributed by atoms with Gasteiger partial charge in [0.1, 0.15) is 11.4 Å². The maximum atomic E-state index is 13.0. The fourth-order valence-electron chi connectivity index (χ4n) is 2.87. The number of benzene rings is 3. The van der Waals surface area contributed by atoms with E-state index in [0.717, 1.165) is 22.9 Å². The third-order valence-electron chi connectivity index (χ3n) is 4.68. The van der Waals surface area contributed by atoms with E-state index in [1.165, 1.54) is 0 Å². The fourth-order valence-corrected chi connectivity index (χ4v) is 3.31. The molecule has 0 unspecified atom stereocenters. The summed E-state index contributed by atoms with van der Waals surface area (Å²) in [6.45, 7) is 2.72. The van der Waals surface area contributed by atoms with Gasteiger partial charge in [0.05, 0.1) is 17.3 Å². The van der Waals surface area contributed by atoms with Crippen LogP contribution in [0.5, 0.6) is 5.75 Å². The number of nitrogens with one attached hydrogen (secondary N) is 2. The minimum absolute atomic E-state index is 0.0884. The molecule has 170 valence electrons. The molecule has 0 atom stereocenters. The highest BCUT2D eigenvalue weighted by atomic mass is 79.9. The van der Waals surface area contributed by atoms with Crippen LogP contribution in [-0.4, -0.2) is 18.4 Å². The molecule has 33 heavy (non-hydrogen) atoms. The Labute approximate surface area is 206 Å². The molecule has 0 aliphatic heterocycles. The van der Waals surface area contributed by atoms with Crippen LogP contribution >= 0.6 is 27.5 Å². The summed E-state index contributed by atoms with van der Waals surface area (Å²) in [6, 6.07) is 21.1. The van der Waals surface area contributed by atoms with Gasteiger partial charge in [-0.2, -0.15) is 0 Å². The summed E-state index contributed by atoms with van der Waals surface area (Å²) in [5.74, 6) is -0.200. The van der Waals surface area contributed by atoms with Crippen LogP contribution in [0.3, 0.4) is 0 Å². The van der Waals surface area contributed by atoms with Gasteiger partial charge in [-0.15, -0.1) is 0 Å². The number of ether oxygens (including phenoxy) is 1. The van der Waals surface area contributed by atoms with Crippen molar-refractivity contribution < 1.29 is 14.3 Å². The largest absolute Gasteiger partial charge is 0.494 e. The molecule has 3 aromatic rings. The van der Waals surface area contributed by atoms with Crippen LogP contribution in [0.15, 0.2) is 83.0 Å². The molecule has 0 fully saturated rings. The van der Waals surface area contributed by atoms with Crippen molar-refractivity contribution in [2.75, 3.05) is 11.9 Å². The predicted molar refractivity (Wildman–Crippen MR) is 137 cm³/mol. The summed E-state index contributed by atoms with van der Waals surface area (Å²) >= 11 is 9.57. The average Bonchev–Trinajstić information content (AvgIpc) is 2.82. The summed E-state index contributed by atoms with van der Waals surface area (Å²) in [6.07, 6.45) is 3.62. The molecule has 3 aromatic carbocycles. The number of carbonyl (C=O) groups is 2. The zero-order valence-corrected chi connectivity index (χ0v) is 20.4. The van der Waals surface area contributed by atoms with Crippen LogP contribution < -0.4 is 15.4 Å². The Balaban J connectivity index is 1.80. The highest BCUT2D eigenvalue weighted by Gasteiger charge is 2.16. The van der Waals surface area contributed by atoms with Crippen LogP contribution in [0, 0.1) is 0 Å². The molecule has 0 aliphatic rings. The summed E-state index contributed by atoms with van der Waals surface area (Å²) in [7, 11) is 0.